The van der Waals surface area contributed by atoms with Crippen LogP contribution in [0.15, 0.2) is 18.2 Å². The van der Waals surface area contributed by atoms with Gasteiger partial charge in [0.15, 0.2) is 6.61 Å². The Balaban J connectivity index is 1.65. The molecular weight excluding hydrogens is 318 g/mol. The molecule has 25 heavy (non-hydrogen) atoms. The number of ether oxygens (including phenoxy) is 1. The zero-order valence-electron chi connectivity index (χ0n) is 15.2. The van der Waals surface area contributed by atoms with Crippen LogP contribution in [0.3, 0.4) is 0 Å². The first kappa shape index (κ1) is 17.7. The summed E-state index contributed by atoms with van der Waals surface area (Å²) in [4.78, 5) is 25.9. The van der Waals surface area contributed by atoms with E-state index in [4.69, 9.17) is 4.74 Å². The normalized spacial score (nSPS) is 20.8. The van der Waals surface area contributed by atoms with E-state index in [-0.39, 0.29) is 29.8 Å². The van der Waals surface area contributed by atoms with Gasteiger partial charge in [-0.3, -0.25) is 9.59 Å². The molecule has 1 aliphatic heterocycles. The molecule has 1 atom stereocenters. The fraction of sp³-hybridized carbons (Fsp3) is 0.579. The Morgan fingerprint density at radius 3 is 2.72 bits per heavy atom. The van der Waals surface area contributed by atoms with Crippen LogP contribution < -0.4 is 15.4 Å². The molecule has 2 amide bonds. The summed E-state index contributed by atoms with van der Waals surface area (Å²) in [6.07, 6.45) is 3.11. The van der Waals surface area contributed by atoms with E-state index in [1.54, 1.807) is 14.1 Å². The Hall–Kier alpha value is -2.08. The third-order valence-corrected chi connectivity index (χ3v) is 5.35. The molecule has 1 saturated carbocycles. The fourth-order valence-corrected chi connectivity index (χ4v) is 3.54. The highest BCUT2D eigenvalue weighted by Gasteiger charge is 2.57. The van der Waals surface area contributed by atoms with Crippen molar-refractivity contribution in [1.82, 2.24) is 10.2 Å². The minimum atomic E-state index is -0.116. The Bertz CT molecular complexity index is 666. The number of benzene rings is 1. The molecule has 0 bridgehead atoms. The zero-order valence-corrected chi connectivity index (χ0v) is 15.2. The number of aryl methyl sites for hydroxylation is 1. The van der Waals surface area contributed by atoms with Gasteiger partial charge in [0.25, 0.3) is 5.91 Å². The third kappa shape index (κ3) is 3.95. The van der Waals surface area contributed by atoms with E-state index in [0.717, 1.165) is 37.9 Å². The third-order valence-electron chi connectivity index (χ3n) is 5.35. The Morgan fingerprint density at radius 1 is 1.32 bits per heavy atom. The number of piperidine rings is 1. The van der Waals surface area contributed by atoms with Gasteiger partial charge in [0.1, 0.15) is 5.75 Å². The van der Waals surface area contributed by atoms with Crippen LogP contribution in [0, 0.1) is 18.3 Å². The summed E-state index contributed by atoms with van der Waals surface area (Å²) in [6.45, 7) is 3.90. The van der Waals surface area contributed by atoms with Crippen LogP contribution in [-0.4, -0.2) is 50.5 Å². The van der Waals surface area contributed by atoms with Crippen LogP contribution in [0.2, 0.25) is 0 Å². The molecule has 6 nitrogen and oxygen atoms in total. The number of anilines is 1. The van der Waals surface area contributed by atoms with Gasteiger partial charge >= 0.3 is 0 Å². The molecule has 1 aliphatic carbocycles. The zero-order chi connectivity index (χ0) is 18.0. The maximum atomic E-state index is 12.7. The summed E-state index contributed by atoms with van der Waals surface area (Å²) in [5.74, 6) is 0.583. The molecule has 3 rings (SSSR count). The van der Waals surface area contributed by atoms with Crippen LogP contribution in [0.5, 0.6) is 5.75 Å². The maximum Gasteiger partial charge on any atom is 0.259 e. The molecule has 0 radical (unpaired) electrons. The highest BCUT2D eigenvalue weighted by atomic mass is 16.5. The maximum absolute atomic E-state index is 12.7. The number of carbonyl (C=O) groups excluding carboxylic acids is 2. The van der Waals surface area contributed by atoms with Crippen molar-refractivity contribution in [3.63, 3.8) is 0 Å². The lowest BCUT2D eigenvalue weighted by Crippen LogP contribution is -2.31. The lowest BCUT2D eigenvalue weighted by Gasteiger charge is -2.23. The number of nitrogens with one attached hydrogen (secondary N) is 2. The Kier molecular flexibility index (Phi) is 4.99. The standard InChI is InChI=1S/C19H27N3O3/c1-13-4-5-15(16(10-13)25-12-17(23)22(2)3)21-18(24)14-11-19(14)6-8-20-9-7-19/h4-5,10,14,20H,6-9,11-12H2,1-3H3,(H,21,24)/t14-/m1/s1. The second-order valence-electron chi connectivity index (χ2n) is 7.43. The average molecular weight is 345 g/mol. The predicted molar refractivity (Wildman–Crippen MR) is 96.6 cm³/mol. The summed E-state index contributed by atoms with van der Waals surface area (Å²) in [5, 5.41) is 6.37. The number of nitrogens with zero attached hydrogens (tertiary/aromatic N) is 1. The van der Waals surface area contributed by atoms with Gasteiger partial charge in [-0.15, -0.1) is 0 Å². The van der Waals surface area contributed by atoms with Crippen molar-refractivity contribution in [1.29, 1.82) is 0 Å². The van der Waals surface area contributed by atoms with Gasteiger partial charge < -0.3 is 20.3 Å². The van der Waals surface area contributed by atoms with Crippen molar-refractivity contribution in [2.24, 2.45) is 11.3 Å². The molecule has 2 N–H and O–H groups in total. The topological polar surface area (TPSA) is 70.7 Å². The van der Waals surface area contributed by atoms with E-state index < -0.39 is 0 Å². The number of rotatable bonds is 5. The second-order valence-corrected chi connectivity index (χ2v) is 7.43. The smallest absolute Gasteiger partial charge is 0.259 e. The molecule has 1 spiro atoms. The van der Waals surface area contributed by atoms with Crippen molar-refractivity contribution in [3.8, 4) is 5.75 Å². The fourth-order valence-electron chi connectivity index (χ4n) is 3.54. The summed E-state index contributed by atoms with van der Waals surface area (Å²) in [7, 11) is 3.38. The molecule has 1 aromatic rings. The van der Waals surface area contributed by atoms with E-state index >= 15 is 0 Å². The van der Waals surface area contributed by atoms with E-state index in [9.17, 15) is 9.59 Å². The van der Waals surface area contributed by atoms with Crippen molar-refractivity contribution in [2.75, 3.05) is 39.1 Å². The molecular formula is C19H27N3O3. The van der Waals surface area contributed by atoms with Gasteiger partial charge in [-0.05, 0) is 62.4 Å². The quantitative estimate of drug-likeness (QED) is 0.854. The van der Waals surface area contributed by atoms with Gasteiger partial charge in [-0.1, -0.05) is 6.07 Å². The number of amides is 2. The second kappa shape index (κ2) is 7.04. The van der Waals surface area contributed by atoms with E-state index in [1.165, 1.54) is 4.90 Å². The van der Waals surface area contributed by atoms with Crippen molar-refractivity contribution < 1.29 is 14.3 Å². The minimum Gasteiger partial charge on any atom is -0.482 e. The molecule has 1 aromatic carbocycles. The number of hydrogen-bond donors (Lipinski definition) is 2. The van der Waals surface area contributed by atoms with Gasteiger partial charge in [-0.25, -0.2) is 0 Å². The number of hydrogen-bond acceptors (Lipinski definition) is 4. The summed E-state index contributed by atoms with van der Waals surface area (Å²) < 4.78 is 5.66. The van der Waals surface area contributed by atoms with Crippen molar-refractivity contribution >= 4 is 17.5 Å². The lowest BCUT2D eigenvalue weighted by molar-refractivity contribution is -0.130. The van der Waals surface area contributed by atoms with Gasteiger partial charge in [0.2, 0.25) is 5.91 Å². The molecule has 0 aromatic heterocycles. The first-order valence-electron chi connectivity index (χ1n) is 8.86. The predicted octanol–water partition coefficient (Wildman–Crippen LogP) is 1.79. The summed E-state index contributed by atoms with van der Waals surface area (Å²) >= 11 is 0. The molecule has 6 heteroatoms. The van der Waals surface area contributed by atoms with Gasteiger partial charge in [0, 0.05) is 20.0 Å². The minimum absolute atomic E-state index is 0.0433. The van der Waals surface area contributed by atoms with E-state index in [0.29, 0.717) is 11.4 Å². The summed E-state index contributed by atoms with van der Waals surface area (Å²) in [6, 6.07) is 5.63. The highest BCUT2D eigenvalue weighted by molar-refractivity contribution is 5.96. The van der Waals surface area contributed by atoms with E-state index in [2.05, 4.69) is 10.6 Å². The van der Waals surface area contributed by atoms with E-state index in [1.807, 2.05) is 25.1 Å². The molecule has 1 saturated heterocycles. The van der Waals surface area contributed by atoms with Gasteiger partial charge in [0.05, 0.1) is 5.69 Å². The Morgan fingerprint density at radius 2 is 2.04 bits per heavy atom. The highest BCUT2D eigenvalue weighted by Crippen LogP contribution is 2.58. The molecule has 2 aliphatic rings. The summed E-state index contributed by atoms with van der Waals surface area (Å²) in [5.41, 5.74) is 1.85. The van der Waals surface area contributed by atoms with Crippen LogP contribution in [0.4, 0.5) is 5.69 Å². The van der Waals surface area contributed by atoms with Crippen LogP contribution >= 0.6 is 0 Å². The number of likely N-dealkylation sites (N-methyl/N-ethyl adjacent to an activating group) is 1. The SMILES string of the molecule is Cc1ccc(NC(=O)[C@H]2CC23CCNCC3)c(OCC(=O)N(C)C)c1. The van der Waals surface area contributed by atoms with Crippen LogP contribution in [-0.2, 0) is 9.59 Å². The lowest BCUT2D eigenvalue weighted by atomic mass is 9.92. The first-order valence-corrected chi connectivity index (χ1v) is 8.86. The molecule has 1 heterocycles. The number of carbonyl (C=O) groups is 2. The molecule has 136 valence electrons. The Labute approximate surface area is 148 Å². The van der Waals surface area contributed by atoms with Crippen molar-refractivity contribution in [3.05, 3.63) is 23.8 Å². The largest absolute Gasteiger partial charge is 0.482 e. The molecule has 0 unspecified atom stereocenters. The van der Waals surface area contributed by atoms with Gasteiger partial charge in [-0.2, -0.15) is 0 Å². The first-order chi connectivity index (χ1) is 11.9. The molecule has 2 fully saturated rings. The monoisotopic (exact) mass is 345 g/mol. The van der Waals surface area contributed by atoms with Crippen LogP contribution in [0.1, 0.15) is 24.8 Å². The van der Waals surface area contributed by atoms with Crippen molar-refractivity contribution in [2.45, 2.75) is 26.2 Å². The average Bonchev–Trinajstić information content (AvgIpc) is 3.28. The van der Waals surface area contributed by atoms with Crippen LogP contribution in [0.25, 0.3) is 0 Å².